The fourth-order valence-electron chi connectivity index (χ4n) is 3.66. The van der Waals surface area contributed by atoms with Crippen LogP contribution in [0, 0.1) is 6.92 Å². The summed E-state index contributed by atoms with van der Waals surface area (Å²) in [5.41, 5.74) is 2.88. The van der Waals surface area contributed by atoms with E-state index in [2.05, 4.69) is 41.4 Å². The van der Waals surface area contributed by atoms with E-state index in [-0.39, 0.29) is 0 Å². The van der Waals surface area contributed by atoms with E-state index in [4.69, 9.17) is 0 Å². The number of benzene rings is 1. The van der Waals surface area contributed by atoms with Crippen LogP contribution in [0.2, 0.25) is 0 Å². The molecule has 0 aromatic heterocycles. The Labute approximate surface area is 133 Å². The van der Waals surface area contributed by atoms with Gasteiger partial charge in [-0.05, 0) is 36.9 Å². The minimum Gasteiger partial charge on any atom is -0.340 e. The molecule has 0 bridgehead atoms. The van der Waals surface area contributed by atoms with E-state index in [0.717, 1.165) is 45.8 Å². The second-order valence-corrected chi connectivity index (χ2v) is 6.52. The van der Waals surface area contributed by atoms with Crippen LogP contribution in [0.25, 0.3) is 0 Å². The molecule has 2 fully saturated rings. The minimum absolute atomic E-state index is 0.320. The van der Waals surface area contributed by atoms with Crippen molar-refractivity contribution in [1.29, 1.82) is 0 Å². The lowest BCUT2D eigenvalue weighted by Crippen LogP contribution is -2.47. The fraction of sp³-hybridized carbons (Fsp3) is 0.611. The molecule has 2 aliphatic heterocycles. The molecular formula is C18H27N3O. The molecule has 22 heavy (non-hydrogen) atoms. The highest BCUT2D eigenvalue weighted by Gasteiger charge is 2.25. The van der Waals surface area contributed by atoms with Gasteiger partial charge in [-0.1, -0.05) is 24.3 Å². The summed E-state index contributed by atoms with van der Waals surface area (Å²) in [5, 5.41) is 3.29. The highest BCUT2D eigenvalue weighted by atomic mass is 16.2. The maximum Gasteiger partial charge on any atom is 0.223 e. The number of nitrogens with zero attached hydrogens (tertiary/aromatic N) is 2. The van der Waals surface area contributed by atoms with Gasteiger partial charge in [0.2, 0.25) is 5.91 Å². The molecule has 1 aromatic carbocycles. The molecule has 0 radical (unpaired) electrons. The van der Waals surface area contributed by atoms with E-state index in [0.29, 0.717) is 18.2 Å². The summed E-state index contributed by atoms with van der Waals surface area (Å²) in [6.45, 7) is 8.93. The number of likely N-dealkylation sites (tertiary alicyclic amines) is 1. The van der Waals surface area contributed by atoms with Gasteiger partial charge in [-0.25, -0.2) is 0 Å². The lowest BCUT2D eigenvalue weighted by Gasteiger charge is -2.28. The monoisotopic (exact) mass is 301 g/mol. The molecule has 4 nitrogen and oxygen atoms in total. The van der Waals surface area contributed by atoms with Gasteiger partial charge in [-0.15, -0.1) is 0 Å². The van der Waals surface area contributed by atoms with Crippen LogP contribution in [-0.4, -0.2) is 61.5 Å². The molecule has 1 aromatic rings. The Morgan fingerprint density at radius 2 is 2.00 bits per heavy atom. The van der Waals surface area contributed by atoms with Crippen LogP contribution in [0.3, 0.4) is 0 Å². The van der Waals surface area contributed by atoms with E-state index in [1.54, 1.807) is 0 Å². The van der Waals surface area contributed by atoms with Crippen molar-refractivity contribution in [2.45, 2.75) is 25.7 Å². The molecule has 0 aliphatic carbocycles. The van der Waals surface area contributed by atoms with Gasteiger partial charge in [0, 0.05) is 45.7 Å². The van der Waals surface area contributed by atoms with Crippen molar-refractivity contribution in [3.05, 3.63) is 35.4 Å². The van der Waals surface area contributed by atoms with Crippen LogP contribution in [0.15, 0.2) is 24.3 Å². The molecule has 4 heteroatoms. The van der Waals surface area contributed by atoms with Crippen LogP contribution in [-0.2, 0) is 4.79 Å². The van der Waals surface area contributed by atoms with Crippen molar-refractivity contribution >= 4 is 5.91 Å². The van der Waals surface area contributed by atoms with Crippen LogP contribution in [0.5, 0.6) is 0 Å². The Hall–Kier alpha value is -1.39. The smallest absolute Gasteiger partial charge is 0.223 e. The number of hydrogen-bond donors (Lipinski definition) is 1. The van der Waals surface area contributed by atoms with Gasteiger partial charge in [-0.2, -0.15) is 0 Å². The van der Waals surface area contributed by atoms with Crippen molar-refractivity contribution in [3.63, 3.8) is 0 Å². The number of hydrogen-bond acceptors (Lipinski definition) is 3. The molecule has 2 saturated heterocycles. The van der Waals surface area contributed by atoms with Crippen molar-refractivity contribution < 1.29 is 4.79 Å². The third-order valence-corrected chi connectivity index (χ3v) is 5.01. The average Bonchev–Trinajstić information content (AvgIpc) is 3.02. The normalized spacial score (nSPS) is 23.0. The van der Waals surface area contributed by atoms with Crippen LogP contribution >= 0.6 is 0 Å². The molecule has 3 rings (SSSR count). The SMILES string of the molecule is Cc1ccccc1C1CCN(CCC(=O)N2CCNCC2)C1. The van der Waals surface area contributed by atoms with E-state index in [1.165, 1.54) is 17.5 Å². The summed E-state index contributed by atoms with van der Waals surface area (Å²) in [7, 11) is 0. The Balaban J connectivity index is 1.47. The summed E-state index contributed by atoms with van der Waals surface area (Å²) in [4.78, 5) is 16.7. The largest absolute Gasteiger partial charge is 0.340 e. The number of carbonyl (C=O) groups is 1. The molecule has 2 heterocycles. The Kier molecular flexibility index (Phi) is 5.11. The quantitative estimate of drug-likeness (QED) is 0.918. The third-order valence-electron chi connectivity index (χ3n) is 5.01. The first-order valence-corrected chi connectivity index (χ1v) is 8.50. The second kappa shape index (κ2) is 7.25. The van der Waals surface area contributed by atoms with Gasteiger partial charge >= 0.3 is 0 Å². The average molecular weight is 301 g/mol. The molecule has 1 N–H and O–H groups in total. The third kappa shape index (κ3) is 3.68. The summed E-state index contributed by atoms with van der Waals surface area (Å²) in [5.74, 6) is 0.955. The van der Waals surface area contributed by atoms with E-state index in [1.807, 2.05) is 4.90 Å². The fourth-order valence-corrected chi connectivity index (χ4v) is 3.66. The number of piperazine rings is 1. The number of carbonyl (C=O) groups excluding carboxylic acids is 1. The van der Waals surface area contributed by atoms with Crippen molar-refractivity contribution in [2.75, 3.05) is 45.8 Å². The predicted molar refractivity (Wildman–Crippen MR) is 89.0 cm³/mol. The maximum absolute atomic E-state index is 12.2. The van der Waals surface area contributed by atoms with Crippen LogP contribution in [0.1, 0.15) is 29.9 Å². The summed E-state index contributed by atoms with van der Waals surface area (Å²) in [6, 6.07) is 8.71. The molecular weight excluding hydrogens is 274 g/mol. The molecule has 2 aliphatic rings. The minimum atomic E-state index is 0.320. The topological polar surface area (TPSA) is 35.6 Å². The highest BCUT2D eigenvalue weighted by molar-refractivity contribution is 5.76. The highest BCUT2D eigenvalue weighted by Crippen LogP contribution is 2.29. The molecule has 120 valence electrons. The molecule has 0 saturated carbocycles. The Morgan fingerprint density at radius 3 is 2.77 bits per heavy atom. The summed E-state index contributed by atoms with van der Waals surface area (Å²) >= 11 is 0. The molecule has 1 amide bonds. The van der Waals surface area contributed by atoms with Crippen LogP contribution in [0.4, 0.5) is 0 Å². The van der Waals surface area contributed by atoms with E-state index >= 15 is 0 Å². The Bertz CT molecular complexity index is 511. The van der Waals surface area contributed by atoms with Crippen LogP contribution < -0.4 is 5.32 Å². The first-order chi connectivity index (χ1) is 10.7. The zero-order valence-electron chi connectivity index (χ0n) is 13.6. The summed E-state index contributed by atoms with van der Waals surface area (Å²) < 4.78 is 0. The van der Waals surface area contributed by atoms with Gasteiger partial charge in [0.15, 0.2) is 0 Å². The lowest BCUT2D eigenvalue weighted by molar-refractivity contribution is -0.132. The van der Waals surface area contributed by atoms with Crippen molar-refractivity contribution in [2.24, 2.45) is 0 Å². The number of aryl methyl sites for hydroxylation is 1. The number of nitrogens with one attached hydrogen (secondary N) is 1. The van der Waals surface area contributed by atoms with Gasteiger partial charge in [0.05, 0.1) is 0 Å². The van der Waals surface area contributed by atoms with Gasteiger partial charge in [-0.3, -0.25) is 4.79 Å². The zero-order valence-corrected chi connectivity index (χ0v) is 13.6. The number of amides is 1. The standard InChI is InChI=1S/C18H27N3O/c1-15-4-2-3-5-17(15)16-6-10-20(14-16)11-7-18(22)21-12-8-19-9-13-21/h2-5,16,19H,6-14H2,1H3. The van der Waals surface area contributed by atoms with E-state index in [9.17, 15) is 4.79 Å². The molecule has 0 spiro atoms. The van der Waals surface area contributed by atoms with Gasteiger partial charge in [0.25, 0.3) is 0 Å². The predicted octanol–water partition coefficient (Wildman–Crippen LogP) is 1.61. The van der Waals surface area contributed by atoms with Crippen molar-refractivity contribution in [1.82, 2.24) is 15.1 Å². The first-order valence-electron chi connectivity index (χ1n) is 8.50. The lowest BCUT2D eigenvalue weighted by atomic mass is 9.94. The molecule has 1 unspecified atom stereocenters. The van der Waals surface area contributed by atoms with Gasteiger partial charge < -0.3 is 15.1 Å². The Morgan fingerprint density at radius 1 is 1.23 bits per heavy atom. The molecule has 1 atom stereocenters. The zero-order chi connectivity index (χ0) is 15.4. The van der Waals surface area contributed by atoms with E-state index < -0.39 is 0 Å². The second-order valence-electron chi connectivity index (χ2n) is 6.52. The maximum atomic E-state index is 12.2. The van der Waals surface area contributed by atoms with Crippen molar-refractivity contribution in [3.8, 4) is 0 Å². The first kappa shape index (κ1) is 15.5. The number of rotatable bonds is 4. The summed E-state index contributed by atoms with van der Waals surface area (Å²) in [6.07, 6.45) is 1.88. The van der Waals surface area contributed by atoms with Gasteiger partial charge in [0.1, 0.15) is 0 Å².